The van der Waals surface area contributed by atoms with Crippen LogP contribution < -0.4 is 14.8 Å². The van der Waals surface area contributed by atoms with Crippen LogP contribution in [0.2, 0.25) is 10.0 Å². The Hall–Kier alpha value is -2.44. The number of amides is 2. The predicted molar refractivity (Wildman–Crippen MR) is 112 cm³/mol. The number of likely N-dealkylation sites (tertiary alicyclic amines) is 1. The van der Waals surface area contributed by atoms with Crippen LogP contribution in [-0.2, 0) is 0 Å². The van der Waals surface area contributed by atoms with Crippen LogP contribution in [0, 0.1) is 0 Å². The van der Waals surface area contributed by atoms with E-state index in [1.54, 1.807) is 48.4 Å². The summed E-state index contributed by atoms with van der Waals surface area (Å²) in [6, 6.07) is 10.1. The molecule has 0 atom stereocenters. The number of methoxy groups -OCH3 is 2. The number of halogens is 2. The van der Waals surface area contributed by atoms with Crippen LogP contribution in [0.4, 0.5) is 0 Å². The third-order valence-corrected chi connectivity index (χ3v) is 5.56. The van der Waals surface area contributed by atoms with Crippen molar-refractivity contribution in [2.75, 3.05) is 27.3 Å². The fourth-order valence-electron chi connectivity index (χ4n) is 3.33. The van der Waals surface area contributed by atoms with Gasteiger partial charge in [0.2, 0.25) is 0 Å². The summed E-state index contributed by atoms with van der Waals surface area (Å²) in [6.07, 6.45) is 1.29. The summed E-state index contributed by atoms with van der Waals surface area (Å²) in [7, 11) is 3.03. The molecule has 2 amide bonds. The molecule has 1 fully saturated rings. The number of piperidine rings is 1. The van der Waals surface area contributed by atoms with Crippen LogP contribution in [0.1, 0.15) is 33.6 Å². The second-order valence-corrected chi connectivity index (χ2v) is 7.52. The lowest BCUT2D eigenvalue weighted by Crippen LogP contribution is -2.46. The number of ether oxygens (including phenoxy) is 2. The monoisotopic (exact) mass is 436 g/mol. The molecule has 3 rings (SSSR count). The van der Waals surface area contributed by atoms with Crippen molar-refractivity contribution >= 4 is 35.0 Å². The van der Waals surface area contributed by atoms with E-state index in [0.29, 0.717) is 47.3 Å². The minimum atomic E-state index is -0.228. The fraction of sp³-hybridized carbons (Fsp3) is 0.333. The molecule has 6 nitrogen and oxygen atoms in total. The molecular weight excluding hydrogens is 415 g/mol. The Morgan fingerprint density at radius 2 is 1.59 bits per heavy atom. The second-order valence-electron chi connectivity index (χ2n) is 6.71. The fourth-order valence-corrected chi connectivity index (χ4v) is 3.79. The Balaban J connectivity index is 1.61. The molecule has 29 heavy (non-hydrogen) atoms. The minimum Gasteiger partial charge on any atom is -0.497 e. The van der Waals surface area contributed by atoms with Crippen molar-refractivity contribution in [2.45, 2.75) is 18.9 Å². The smallest absolute Gasteiger partial charge is 0.259 e. The molecule has 0 bridgehead atoms. The van der Waals surface area contributed by atoms with Crippen LogP contribution in [0.25, 0.3) is 0 Å². The van der Waals surface area contributed by atoms with Crippen molar-refractivity contribution in [3.8, 4) is 11.5 Å². The topological polar surface area (TPSA) is 67.9 Å². The maximum Gasteiger partial charge on any atom is 0.259 e. The van der Waals surface area contributed by atoms with E-state index in [1.165, 1.54) is 7.11 Å². The SMILES string of the molecule is COc1ccc(C(=O)NC2CCN(C(=O)c3c(Cl)ccc(Cl)c3OC)CC2)cc1. The van der Waals surface area contributed by atoms with Crippen molar-refractivity contribution < 1.29 is 19.1 Å². The molecule has 0 aliphatic carbocycles. The number of nitrogens with one attached hydrogen (secondary N) is 1. The molecule has 0 saturated carbocycles. The van der Waals surface area contributed by atoms with Crippen molar-refractivity contribution in [2.24, 2.45) is 0 Å². The number of hydrogen-bond donors (Lipinski definition) is 1. The van der Waals surface area contributed by atoms with E-state index >= 15 is 0 Å². The third kappa shape index (κ3) is 4.77. The summed E-state index contributed by atoms with van der Waals surface area (Å²) in [5.74, 6) is 0.605. The van der Waals surface area contributed by atoms with E-state index in [0.717, 1.165) is 0 Å². The van der Waals surface area contributed by atoms with Gasteiger partial charge in [0.15, 0.2) is 5.75 Å². The molecule has 0 aromatic heterocycles. The van der Waals surface area contributed by atoms with Gasteiger partial charge >= 0.3 is 0 Å². The van der Waals surface area contributed by atoms with Gasteiger partial charge in [0.25, 0.3) is 11.8 Å². The first-order chi connectivity index (χ1) is 13.9. The third-order valence-electron chi connectivity index (χ3n) is 4.95. The van der Waals surface area contributed by atoms with Crippen molar-refractivity contribution in [1.29, 1.82) is 0 Å². The molecule has 2 aromatic rings. The van der Waals surface area contributed by atoms with E-state index in [9.17, 15) is 9.59 Å². The summed E-state index contributed by atoms with van der Waals surface area (Å²) >= 11 is 12.4. The maximum absolute atomic E-state index is 13.0. The van der Waals surface area contributed by atoms with Crippen molar-refractivity contribution in [1.82, 2.24) is 10.2 Å². The van der Waals surface area contributed by atoms with Gasteiger partial charge in [-0.1, -0.05) is 23.2 Å². The number of carbonyl (C=O) groups excluding carboxylic acids is 2. The van der Waals surface area contributed by atoms with Crippen LogP contribution in [0.15, 0.2) is 36.4 Å². The highest BCUT2D eigenvalue weighted by Gasteiger charge is 2.28. The Bertz CT molecular complexity index is 894. The van der Waals surface area contributed by atoms with Crippen molar-refractivity contribution in [3.63, 3.8) is 0 Å². The average molecular weight is 437 g/mol. The largest absolute Gasteiger partial charge is 0.497 e. The summed E-state index contributed by atoms with van der Waals surface area (Å²) in [6.45, 7) is 0.997. The summed E-state index contributed by atoms with van der Waals surface area (Å²) in [5.41, 5.74) is 0.835. The van der Waals surface area contributed by atoms with Crippen LogP contribution in [0.3, 0.4) is 0 Å². The summed E-state index contributed by atoms with van der Waals surface area (Å²) in [5, 5.41) is 3.66. The van der Waals surface area contributed by atoms with Gasteiger partial charge in [-0.3, -0.25) is 9.59 Å². The quantitative estimate of drug-likeness (QED) is 0.767. The highest BCUT2D eigenvalue weighted by atomic mass is 35.5. The zero-order valence-electron chi connectivity index (χ0n) is 16.2. The van der Waals surface area contributed by atoms with E-state index in [-0.39, 0.29) is 29.2 Å². The standard InChI is InChI=1S/C21H22Cl2N2O4/c1-28-15-5-3-13(4-6-15)20(26)24-14-9-11-25(12-10-14)21(27)18-16(22)7-8-17(23)19(18)29-2/h3-8,14H,9-12H2,1-2H3,(H,24,26). The molecule has 1 aliphatic heterocycles. The Morgan fingerprint density at radius 1 is 0.966 bits per heavy atom. The Morgan fingerprint density at radius 3 is 2.17 bits per heavy atom. The van der Waals surface area contributed by atoms with Crippen LogP contribution in [-0.4, -0.2) is 50.1 Å². The molecule has 1 aliphatic rings. The number of carbonyl (C=O) groups is 2. The summed E-state index contributed by atoms with van der Waals surface area (Å²) in [4.78, 5) is 27.1. The van der Waals surface area contributed by atoms with Crippen molar-refractivity contribution in [3.05, 3.63) is 57.6 Å². The minimum absolute atomic E-state index is 0.00891. The number of benzene rings is 2. The van der Waals surface area contributed by atoms with Gasteiger partial charge in [0, 0.05) is 24.7 Å². The molecule has 0 spiro atoms. The van der Waals surface area contributed by atoms with Gasteiger partial charge in [-0.15, -0.1) is 0 Å². The first kappa shape index (κ1) is 21.3. The van der Waals surface area contributed by atoms with Gasteiger partial charge in [-0.05, 0) is 49.2 Å². The van der Waals surface area contributed by atoms with Crippen LogP contribution >= 0.6 is 23.2 Å². The lowest BCUT2D eigenvalue weighted by molar-refractivity contribution is 0.0695. The van der Waals surface area contributed by atoms with E-state index in [2.05, 4.69) is 5.32 Å². The molecular formula is C21H22Cl2N2O4. The van der Waals surface area contributed by atoms with Gasteiger partial charge in [-0.25, -0.2) is 0 Å². The van der Waals surface area contributed by atoms with E-state index in [1.807, 2.05) is 0 Å². The van der Waals surface area contributed by atoms with Gasteiger partial charge < -0.3 is 19.7 Å². The first-order valence-corrected chi connectivity index (χ1v) is 9.96. The van der Waals surface area contributed by atoms with E-state index < -0.39 is 0 Å². The van der Waals surface area contributed by atoms with E-state index in [4.69, 9.17) is 32.7 Å². The number of nitrogens with zero attached hydrogens (tertiary/aromatic N) is 1. The molecule has 0 unspecified atom stereocenters. The first-order valence-electron chi connectivity index (χ1n) is 9.20. The highest BCUT2D eigenvalue weighted by molar-refractivity contribution is 6.37. The lowest BCUT2D eigenvalue weighted by Gasteiger charge is -2.33. The highest BCUT2D eigenvalue weighted by Crippen LogP contribution is 2.35. The maximum atomic E-state index is 13.0. The second kappa shape index (κ2) is 9.37. The van der Waals surface area contributed by atoms with Gasteiger partial charge in [0.1, 0.15) is 11.3 Å². The molecule has 1 saturated heterocycles. The zero-order chi connectivity index (χ0) is 21.0. The Labute approximate surface area is 179 Å². The molecule has 1 heterocycles. The van der Waals surface area contributed by atoms with Gasteiger partial charge in [-0.2, -0.15) is 0 Å². The molecule has 2 aromatic carbocycles. The zero-order valence-corrected chi connectivity index (χ0v) is 17.7. The molecule has 0 radical (unpaired) electrons. The molecule has 8 heteroatoms. The van der Waals surface area contributed by atoms with Crippen LogP contribution in [0.5, 0.6) is 11.5 Å². The summed E-state index contributed by atoms with van der Waals surface area (Å²) < 4.78 is 10.4. The normalized spacial score (nSPS) is 14.4. The number of rotatable bonds is 5. The lowest BCUT2D eigenvalue weighted by atomic mass is 10.0. The predicted octanol–water partition coefficient (Wildman–Crippen LogP) is 4.05. The molecule has 1 N–H and O–H groups in total. The average Bonchev–Trinajstić information content (AvgIpc) is 2.75. The Kier molecular flexibility index (Phi) is 6.87. The van der Waals surface area contributed by atoms with Gasteiger partial charge in [0.05, 0.1) is 24.3 Å². The number of hydrogen-bond acceptors (Lipinski definition) is 4. The molecule has 154 valence electrons.